The smallest absolute Gasteiger partial charge is 0.259 e. The lowest BCUT2D eigenvalue weighted by Crippen LogP contribution is -2.50. The summed E-state index contributed by atoms with van der Waals surface area (Å²) in [5, 5.41) is 3.94. The molecule has 28 heavy (non-hydrogen) atoms. The Morgan fingerprint density at radius 2 is 1.86 bits per heavy atom. The van der Waals surface area contributed by atoms with Crippen LogP contribution in [-0.4, -0.2) is 54.9 Å². The first-order chi connectivity index (χ1) is 13.4. The normalized spacial score (nSPS) is 17.7. The Bertz CT molecular complexity index is 1000. The molecule has 0 unspecified atom stereocenters. The Balaban J connectivity index is 1.48. The zero-order valence-electron chi connectivity index (χ0n) is 16.3. The van der Waals surface area contributed by atoms with E-state index in [-0.39, 0.29) is 19.0 Å². The highest BCUT2D eigenvalue weighted by Crippen LogP contribution is 2.27. The molecule has 7 nitrogen and oxygen atoms in total. The second-order valence-electron chi connectivity index (χ2n) is 7.39. The van der Waals surface area contributed by atoms with E-state index in [9.17, 15) is 13.2 Å². The fourth-order valence-corrected chi connectivity index (χ4v) is 5.55. The number of hydrogen-bond acceptors (Lipinski definition) is 5. The van der Waals surface area contributed by atoms with Crippen LogP contribution in [0.1, 0.15) is 46.3 Å². The summed E-state index contributed by atoms with van der Waals surface area (Å²) in [5.41, 5.74) is 3.56. The van der Waals surface area contributed by atoms with Crippen molar-refractivity contribution in [2.75, 3.05) is 26.2 Å². The van der Waals surface area contributed by atoms with Gasteiger partial charge in [0.15, 0.2) is 0 Å². The summed E-state index contributed by atoms with van der Waals surface area (Å²) < 4.78 is 32.7. The van der Waals surface area contributed by atoms with Gasteiger partial charge in [-0.15, -0.1) is 0 Å². The third kappa shape index (κ3) is 3.24. The molecule has 0 atom stereocenters. The van der Waals surface area contributed by atoms with Gasteiger partial charge in [0.05, 0.1) is 10.6 Å². The highest BCUT2D eigenvalue weighted by molar-refractivity contribution is 7.89. The average molecular weight is 404 g/mol. The Kier molecular flexibility index (Phi) is 5.01. The van der Waals surface area contributed by atoms with E-state index >= 15 is 0 Å². The summed E-state index contributed by atoms with van der Waals surface area (Å²) in [7, 11) is -3.54. The molecule has 1 aromatic heterocycles. The van der Waals surface area contributed by atoms with E-state index in [1.165, 1.54) is 9.87 Å². The van der Waals surface area contributed by atoms with Crippen LogP contribution in [0.15, 0.2) is 27.6 Å². The predicted molar refractivity (Wildman–Crippen MR) is 104 cm³/mol. The lowest BCUT2D eigenvalue weighted by Gasteiger charge is -2.34. The minimum Gasteiger partial charge on any atom is -0.361 e. The van der Waals surface area contributed by atoms with E-state index in [1.807, 2.05) is 19.1 Å². The number of nitrogens with zero attached hydrogens (tertiary/aromatic N) is 3. The number of benzene rings is 1. The maximum Gasteiger partial charge on any atom is 0.259 e. The minimum atomic E-state index is -3.54. The molecule has 0 bridgehead atoms. The van der Waals surface area contributed by atoms with Crippen LogP contribution in [-0.2, 0) is 29.3 Å². The van der Waals surface area contributed by atoms with Gasteiger partial charge >= 0.3 is 0 Å². The van der Waals surface area contributed by atoms with Crippen molar-refractivity contribution in [2.45, 2.75) is 44.4 Å². The second kappa shape index (κ2) is 7.33. The molecule has 0 N–H and O–H groups in total. The van der Waals surface area contributed by atoms with Gasteiger partial charge < -0.3 is 9.42 Å². The molecule has 1 aliphatic heterocycles. The van der Waals surface area contributed by atoms with Gasteiger partial charge in [0.1, 0.15) is 11.3 Å². The summed E-state index contributed by atoms with van der Waals surface area (Å²) >= 11 is 0. The van der Waals surface area contributed by atoms with Gasteiger partial charge in [0.25, 0.3) is 5.91 Å². The summed E-state index contributed by atoms with van der Waals surface area (Å²) in [6.45, 7) is 4.95. The van der Waals surface area contributed by atoms with Crippen molar-refractivity contribution in [3.05, 3.63) is 46.3 Å². The molecule has 0 saturated carbocycles. The molecule has 0 radical (unpaired) electrons. The number of fused-ring (bicyclic) bond motifs is 1. The van der Waals surface area contributed by atoms with Gasteiger partial charge in [-0.05, 0) is 55.9 Å². The first-order valence-electron chi connectivity index (χ1n) is 9.78. The lowest BCUT2D eigenvalue weighted by molar-refractivity contribution is 0.0695. The highest BCUT2D eigenvalue weighted by atomic mass is 32.2. The van der Waals surface area contributed by atoms with E-state index in [1.54, 1.807) is 17.9 Å². The van der Waals surface area contributed by atoms with Crippen LogP contribution in [0.3, 0.4) is 0 Å². The van der Waals surface area contributed by atoms with Crippen LogP contribution in [0.4, 0.5) is 0 Å². The van der Waals surface area contributed by atoms with Gasteiger partial charge in [-0.3, -0.25) is 4.79 Å². The first-order valence-corrected chi connectivity index (χ1v) is 11.2. The van der Waals surface area contributed by atoms with Crippen molar-refractivity contribution in [3.63, 3.8) is 0 Å². The topological polar surface area (TPSA) is 83.7 Å². The number of carbonyl (C=O) groups is 1. The monoisotopic (exact) mass is 403 g/mol. The van der Waals surface area contributed by atoms with E-state index in [0.717, 1.165) is 24.8 Å². The summed E-state index contributed by atoms with van der Waals surface area (Å²) in [4.78, 5) is 14.9. The van der Waals surface area contributed by atoms with Gasteiger partial charge in [-0.1, -0.05) is 18.1 Å². The number of hydrogen-bond donors (Lipinski definition) is 0. The number of piperazine rings is 1. The molecule has 2 heterocycles. The van der Waals surface area contributed by atoms with Gasteiger partial charge in [-0.2, -0.15) is 4.31 Å². The molecule has 8 heteroatoms. The number of aryl methyl sites for hydroxylation is 4. The molecule has 1 fully saturated rings. The SMILES string of the molecule is CCc1noc(C)c1C(=O)N1CCN(S(=O)(=O)c2ccc3c(c2)CCC3)CC1. The van der Waals surface area contributed by atoms with Crippen molar-refractivity contribution >= 4 is 15.9 Å². The molecule has 4 rings (SSSR count). The largest absolute Gasteiger partial charge is 0.361 e. The molecule has 1 aliphatic carbocycles. The Labute approximate surface area is 165 Å². The van der Waals surface area contributed by atoms with Crippen LogP contribution < -0.4 is 0 Å². The Hall–Kier alpha value is -2.19. The number of carbonyl (C=O) groups excluding carboxylic acids is 1. The van der Waals surface area contributed by atoms with Crippen molar-refractivity contribution in [3.8, 4) is 0 Å². The second-order valence-corrected chi connectivity index (χ2v) is 9.33. The molecule has 150 valence electrons. The van der Waals surface area contributed by atoms with Crippen molar-refractivity contribution in [1.29, 1.82) is 0 Å². The minimum absolute atomic E-state index is 0.134. The zero-order valence-corrected chi connectivity index (χ0v) is 17.1. The molecule has 1 aromatic carbocycles. The lowest BCUT2D eigenvalue weighted by atomic mass is 10.1. The zero-order chi connectivity index (χ0) is 19.9. The Morgan fingerprint density at radius 3 is 2.57 bits per heavy atom. The van der Waals surface area contributed by atoms with E-state index in [4.69, 9.17) is 4.52 Å². The van der Waals surface area contributed by atoms with Crippen molar-refractivity contribution in [2.24, 2.45) is 0 Å². The fourth-order valence-electron chi connectivity index (χ4n) is 4.08. The van der Waals surface area contributed by atoms with Crippen LogP contribution in [0.25, 0.3) is 0 Å². The number of sulfonamides is 1. The molecular weight excluding hydrogens is 378 g/mol. The third-order valence-corrected chi connectivity index (χ3v) is 7.61. The van der Waals surface area contributed by atoms with Crippen LogP contribution >= 0.6 is 0 Å². The summed E-state index contributed by atoms with van der Waals surface area (Å²) in [5.74, 6) is 0.375. The number of amides is 1. The van der Waals surface area contributed by atoms with E-state index in [2.05, 4.69) is 5.16 Å². The molecule has 2 aliphatic rings. The Morgan fingerprint density at radius 1 is 1.14 bits per heavy atom. The predicted octanol–water partition coefficient (Wildman–Crippen LogP) is 2.18. The van der Waals surface area contributed by atoms with Crippen molar-refractivity contribution in [1.82, 2.24) is 14.4 Å². The summed E-state index contributed by atoms with van der Waals surface area (Å²) in [6.07, 6.45) is 3.67. The van der Waals surface area contributed by atoms with Crippen LogP contribution in [0, 0.1) is 6.92 Å². The van der Waals surface area contributed by atoms with Gasteiger partial charge in [0, 0.05) is 26.2 Å². The highest BCUT2D eigenvalue weighted by Gasteiger charge is 2.32. The van der Waals surface area contributed by atoms with Gasteiger partial charge in [0.2, 0.25) is 10.0 Å². The molecular formula is C20H25N3O4S. The maximum atomic E-state index is 13.0. The average Bonchev–Trinajstić information content (AvgIpc) is 3.32. The summed E-state index contributed by atoms with van der Waals surface area (Å²) in [6, 6.07) is 5.48. The van der Waals surface area contributed by atoms with Crippen LogP contribution in [0.2, 0.25) is 0 Å². The molecule has 1 amide bonds. The standard InChI is InChI=1S/C20H25N3O4S/c1-3-18-19(14(2)27-21-18)20(24)22-9-11-23(12-10-22)28(25,26)17-8-7-15-5-4-6-16(15)13-17/h7-8,13H,3-6,9-12H2,1-2H3. The van der Waals surface area contributed by atoms with Gasteiger partial charge in [-0.25, -0.2) is 8.42 Å². The first kappa shape index (κ1) is 19.1. The molecule has 2 aromatic rings. The number of rotatable bonds is 4. The maximum absolute atomic E-state index is 13.0. The molecule has 1 saturated heterocycles. The third-order valence-electron chi connectivity index (χ3n) is 5.72. The van der Waals surface area contributed by atoms with Crippen LogP contribution in [0.5, 0.6) is 0 Å². The molecule has 0 spiro atoms. The fraction of sp³-hybridized carbons (Fsp3) is 0.500. The number of aromatic nitrogens is 1. The van der Waals surface area contributed by atoms with E-state index < -0.39 is 10.0 Å². The van der Waals surface area contributed by atoms with E-state index in [0.29, 0.717) is 41.4 Å². The van der Waals surface area contributed by atoms with Crippen molar-refractivity contribution < 1.29 is 17.7 Å². The quantitative estimate of drug-likeness (QED) is 0.781.